The van der Waals surface area contributed by atoms with Gasteiger partial charge in [-0.05, 0) is 31.6 Å². The van der Waals surface area contributed by atoms with Crippen molar-refractivity contribution in [3.05, 3.63) is 29.2 Å². The van der Waals surface area contributed by atoms with Crippen LogP contribution in [0.3, 0.4) is 0 Å². The third kappa shape index (κ3) is 3.71. The molecule has 5 rings (SSSR count). The number of nitriles is 1. The topological polar surface area (TPSA) is 133 Å². The van der Waals surface area contributed by atoms with E-state index in [0.29, 0.717) is 35.5 Å². The minimum Gasteiger partial charge on any atom is -0.344 e. The van der Waals surface area contributed by atoms with Crippen molar-refractivity contribution in [2.45, 2.75) is 46.1 Å². The quantitative estimate of drug-likeness (QED) is 0.612. The molecule has 0 saturated carbocycles. The fourth-order valence-electron chi connectivity index (χ4n) is 4.86. The second-order valence-corrected chi connectivity index (χ2v) is 10.2. The molecule has 0 bridgehead atoms. The lowest BCUT2D eigenvalue weighted by Gasteiger charge is -2.37. The molecule has 10 heteroatoms. The summed E-state index contributed by atoms with van der Waals surface area (Å²) in [6.07, 6.45) is 6.24. The highest BCUT2D eigenvalue weighted by molar-refractivity contribution is 6.06. The third-order valence-corrected chi connectivity index (χ3v) is 6.93. The Morgan fingerprint density at radius 2 is 2.12 bits per heavy atom. The number of nitrogens with one attached hydrogen (secondary N) is 2. The molecule has 1 unspecified atom stereocenters. The van der Waals surface area contributed by atoms with E-state index in [-0.39, 0.29) is 17.2 Å². The number of fused-ring (bicyclic) bond motifs is 2. The standard InChI is InChI=1S/C24H28N8O2/c1-13(23(34)32-11-14(8-25)12-32)28-22(33)16-9-26-21-20(16)29-17(10-27-21)19-15-7-24(2,3)6-5-18(15)31(4)30-19/h9-10,13-14H,5-7,11-12H2,1-4H3,(H,26,27)(H,28,33). The van der Waals surface area contributed by atoms with Crippen molar-refractivity contribution in [1.82, 2.24) is 34.9 Å². The Hall–Kier alpha value is -3.74. The minimum absolute atomic E-state index is 0.128. The summed E-state index contributed by atoms with van der Waals surface area (Å²) in [7, 11) is 1.96. The van der Waals surface area contributed by atoms with E-state index in [1.165, 1.54) is 11.3 Å². The number of hydrogen-bond donors (Lipinski definition) is 2. The second kappa shape index (κ2) is 7.94. The molecule has 3 aromatic rings. The third-order valence-electron chi connectivity index (χ3n) is 6.93. The molecule has 1 saturated heterocycles. The predicted molar refractivity (Wildman–Crippen MR) is 125 cm³/mol. The Morgan fingerprint density at radius 3 is 2.85 bits per heavy atom. The fourth-order valence-corrected chi connectivity index (χ4v) is 4.86. The van der Waals surface area contributed by atoms with Gasteiger partial charge >= 0.3 is 0 Å². The van der Waals surface area contributed by atoms with Crippen LogP contribution in [0, 0.1) is 22.7 Å². The lowest BCUT2D eigenvalue weighted by Crippen LogP contribution is -2.55. The van der Waals surface area contributed by atoms with E-state index < -0.39 is 11.9 Å². The zero-order valence-electron chi connectivity index (χ0n) is 19.8. The van der Waals surface area contributed by atoms with Crippen LogP contribution in [0.15, 0.2) is 12.4 Å². The van der Waals surface area contributed by atoms with Crippen molar-refractivity contribution >= 4 is 23.0 Å². The molecule has 3 aromatic heterocycles. The second-order valence-electron chi connectivity index (χ2n) is 10.2. The van der Waals surface area contributed by atoms with Gasteiger partial charge in [-0.25, -0.2) is 9.97 Å². The van der Waals surface area contributed by atoms with E-state index in [1.54, 1.807) is 24.2 Å². The van der Waals surface area contributed by atoms with E-state index in [4.69, 9.17) is 15.3 Å². The lowest BCUT2D eigenvalue weighted by molar-refractivity contribution is -0.137. The van der Waals surface area contributed by atoms with Gasteiger partial charge in [-0.2, -0.15) is 10.4 Å². The van der Waals surface area contributed by atoms with Gasteiger partial charge in [0.2, 0.25) is 5.91 Å². The first-order valence-electron chi connectivity index (χ1n) is 11.6. The fraction of sp³-hybridized carbons (Fsp3) is 0.500. The van der Waals surface area contributed by atoms with Crippen LogP contribution in [0.1, 0.15) is 48.8 Å². The monoisotopic (exact) mass is 460 g/mol. The number of H-pyrrole nitrogens is 1. The van der Waals surface area contributed by atoms with Crippen LogP contribution in [0.4, 0.5) is 0 Å². The van der Waals surface area contributed by atoms with Crippen LogP contribution in [-0.4, -0.2) is 60.6 Å². The normalized spacial score (nSPS) is 18.1. The predicted octanol–water partition coefficient (Wildman–Crippen LogP) is 1.97. The number of carbonyl (C=O) groups excluding carboxylic acids is 2. The average Bonchev–Trinajstić information content (AvgIpc) is 3.32. The summed E-state index contributed by atoms with van der Waals surface area (Å²) in [5.74, 6) is -0.730. The summed E-state index contributed by atoms with van der Waals surface area (Å²) < 4.78 is 1.93. The molecule has 1 aliphatic heterocycles. The number of carbonyl (C=O) groups is 2. The Balaban J connectivity index is 1.41. The summed E-state index contributed by atoms with van der Waals surface area (Å²) in [6, 6.07) is 1.43. The highest BCUT2D eigenvalue weighted by atomic mass is 16.2. The molecule has 10 nitrogen and oxygen atoms in total. The highest BCUT2D eigenvalue weighted by Crippen LogP contribution is 2.38. The van der Waals surface area contributed by atoms with E-state index in [1.807, 2.05) is 11.7 Å². The van der Waals surface area contributed by atoms with Crippen LogP contribution in [0.25, 0.3) is 22.6 Å². The maximum absolute atomic E-state index is 13.0. The van der Waals surface area contributed by atoms with Gasteiger partial charge in [0.05, 0.1) is 23.7 Å². The smallest absolute Gasteiger partial charge is 0.255 e. The van der Waals surface area contributed by atoms with Crippen molar-refractivity contribution < 1.29 is 9.59 Å². The zero-order chi connectivity index (χ0) is 24.2. The van der Waals surface area contributed by atoms with E-state index in [9.17, 15) is 9.59 Å². The minimum atomic E-state index is -0.710. The Bertz CT molecular complexity index is 1340. The maximum Gasteiger partial charge on any atom is 0.255 e. The molecular weight excluding hydrogens is 432 g/mol. The molecule has 4 heterocycles. The van der Waals surface area contributed by atoms with Crippen molar-refractivity contribution in [3.63, 3.8) is 0 Å². The molecule has 1 aliphatic carbocycles. The zero-order valence-corrected chi connectivity index (χ0v) is 19.8. The first-order chi connectivity index (χ1) is 16.2. The van der Waals surface area contributed by atoms with Crippen molar-refractivity contribution in [1.29, 1.82) is 5.26 Å². The summed E-state index contributed by atoms with van der Waals surface area (Å²) in [6.45, 7) is 6.98. The SMILES string of the molecule is CC(NC(=O)c1c[nH]c2ncc(-c3nn(C)c4c3CC(C)(C)CC4)nc12)C(=O)N1CC(C#N)C1. The van der Waals surface area contributed by atoms with Gasteiger partial charge < -0.3 is 15.2 Å². The number of hydrogen-bond acceptors (Lipinski definition) is 6. The van der Waals surface area contributed by atoms with E-state index in [0.717, 1.165) is 25.0 Å². The molecule has 1 fully saturated rings. The molecule has 0 radical (unpaired) electrons. The van der Waals surface area contributed by atoms with Crippen molar-refractivity contribution in [2.24, 2.45) is 18.4 Å². The molecule has 176 valence electrons. The van der Waals surface area contributed by atoms with Crippen LogP contribution >= 0.6 is 0 Å². The van der Waals surface area contributed by atoms with E-state index in [2.05, 4.69) is 35.2 Å². The van der Waals surface area contributed by atoms with Crippen LogP contribution in [0.5, 0.6) is 0 Å². The number of aromatic nitrogens is 5. The maximum atomic E-state index is 13.0. The number of amides is 2. The van der Waals surface area contributed by atoms with Gasteiger partial charge in [-0.15, -0.1) is 0 Å². The average molecular weight is 461 g/mol. The van der Waals surface area contributed by atoms with Gasteiger partial charge in [0.25, 0.3) is 5.91 Å². The molecule has 2 amide bonds. The van der Waals surface area contributed by atoms with Gasteiger partial charge in [0, 0.05) is 37.6 Å². The van der Waals surface area contributed by atoms with Gasteiger partial charge in [0.1, 0.15) is 22.9 Å². The lowest BCUT2D eigenvalue weighted by atomic mass is 9.75. The number of aryl methyl sites for hydroxylation is 1. The molecule has 34 heavy (non-hydrogen) atoms. The molecule has 2 N–H and O–H groups in total. The first kappa shape index (κ1) is 22.1. The highest BCUT2D eigenvalue weighted by Gasteiger charge is 2.34. The number of aromatic amines is 1. The van der Waals surface area contributed by atoms with Gasteiger partial charge in [-0.1, -0.05) is 13.8 Å². The number of nitrogens with zero attached hydrogens (tertiary/aromatic N) is 6. The van der Waals surface area contributed by atoms with Gasteiger partial charge in [-0.3, -0.25) is 14.3 Å². The summed E-state index contributed by atoms with van der Waals surface area (Å²) in [4.78, 5) is 39.4. The van der Waals surface area contributed by atoms with Crippen LogP contribution < -0.4 is 5.32 Å². The molecule has 0 aromatic carbocycles. The molecular formula is C24H28N8O2. The van der Waals surface area contributed by atoms with Crippen LogP contribution in [0.2, 0.25) is 0 Å². The number of rotatable bonds is 4. The Kier molecular flexibility index (Phi) is 5.15. The van der Waals surface area contributed by atoms with Crippen molar-refractivity contribution in [3.8, 4) is 17.5 Å². The Labute approximate surface area is 197 Å². The largest absolute Gasteiger partial charge is 0.344 e. The molecule has 1 atom stereocenters. The molecule has 0 spiro atoms. The summed E-state index contributed by atoms with van der Waals surface area (Å²) in [5.41, 5.74) is 5.30. The van der Waals surface area contributed by atoms with E-state index >= 15 is 0 Å². The van der Waals surface area contributed by atoms with Gasteiger partial charge in [0.15, 0.2) is 5.65 Å². The number of likely N-dealkylation sites (tertiary alicyclic amines) is 1. The first-order valence-corrected chi connectivity index (χ1v) is 11.6. The molecule has 2 aliphatic rings. The van der Waals surface area contributed by atoms with Crippen LogP contribution in [-0.2, 0) is 24.7 Å². The summed E-state index contributed by atoms with van der Waals surface area (Å²) in [5, 5.41) is 16.4. The Morgan fingerprint density at radius 1 is 1.35 bits per heavy atom. The van der Waals surface area contributed by atoms with Crippen molar-refractivity contribution in [2.75, 3.05) is 13.1 Å². The summed E-state index contributed by atoms with van der Waals surface area (Å²) >= 11 is 0.